The minimum absolute atomic E-state index is 0.0881. The van der Waals surface area contributed by atoms with Gasteiger partial charge in [0.05, 0.1) is 6.07 Å². The summed E-state index contributed by atoms with van der Waals surface area (Å²) in [6.45, 7) is 6.35. The monoisotopic (exact) mass is 202 g/mol. The van der Waals surface area contributed by atoms with E-state index in [0.29, 0.717) is 5.92 Å². The van der Waals surface area contributed by atoms with Crippen molar-refractivity contribution >= 4 is 5.69 Å². The Balaban J connectivity index is 2.69. The molecule has 1 aromatic carbocycles. The lowest BCUT2D eigenvalue weighted by Crippen LogP contribution is -2.15. The predicted molar refractivity (Wildman–Crippen MR) is 63.8 cm³/mol. The van der Waals surface area contributed by atoms with Crippen LogP contribution in [0.3, 0.4) is 0 Å². The predicted octanol–water partition coefficient (Wildman–Crippen LogP) is 3.52. The van der Waals surface area contributed by atoms with Gasteiger partial charge in [-0.05, 0) is 30.0 Å². The van der Waals surface area contributed by atoms with E-state index >= 15 is 0 Å². The van der Waals surface area contributed by atoms with E-state index in [1.54, 1.807) is 0 Å². The molecule has 1 N–H and O–H groups in total. The Kier molecular flexibility index (Phi) is 4.17. The molecule has 1 aromatic rings. The van der Waals surface area contributed by atoms with Crippen LogP contribution in [0.2, 0.25) is 0 Å². The number of rotatable bonds is 4. The second-order valence-corrected chi connectivity index (χ2v) is 4.01. The third-order valence-electron chi connectivity index (χ3n) is 2.48. The molecule has 0 saturated heterocycles. The largest absolute Gasteiger partial charge is 0.370 e. The minimum Gasteiger partial charge on any atom is -0.370 e. The van der Waals surface area contributed by atoms with E-state index in [0.717, 1.165) is 12.1 Å². The summed E-state index contributed by atoms with van der Waals surface area (Å²) in [5.74, 6) is 0.553. The lowest BCUT2D eigenvalue weighted by Gasteiger charge is -2.12. The van der Waals surface area contributed by atoms with E-state index in [4.69, 9.17) is 5.26 Å². The fourth-order valence-corrected chi connectivity index (χ4v) is 1.39. The molecule has 0 heterocycles. The van der Waals surface area contributed by atoms with Gasteiger partial charge in [-0.2, -0.15) is 5.26 Å². The number of nitrogens with zero attached hydrogens (tertiary/aromatic N) is 1. The molecule has 2 heteroatoms. The average Bonchev–Trinajstić information content (AvgIpc) is 2.26. The van der Waals surface area contributed by atoms with Gasteiger partial charge in [-0.15, -0.1) is 0 Å². The summed E-state index contributed by atoms with van der Waals surface area (Å²) in [5, 5.41) is 12.0. The zero-order valence-electron chi connectivity index (χ0n) is 9.62. The van der Waals surface area contributed by atoms with E-state index in [-0.39, 0.29) is 6.04 Å². The van der Waals surface area contributed by atoms with Gasteiger partial charge >= 0.3 is 0 Å². The van der Waals surface area contributed by atoms with Crippen molar-refractivity contribution in [1.82, 2.24) is 0 Å². The molecule has 0 bridgehead atoms. The molecule has 15 heavy (non-hydrogen) atoms. The maximum absolute atomic E-state index is 8.82. The Morgan fingerprint density at radius 1 is 1.27 bits per heavy atom. The van der Waals surface area contributed by atoms with Gasteiger partial charge < -0.3 is 5.32 Å². The molecular weight excluding hydrogens is 184 g/mol. The van der Waals surface area contributed by atoms with Crippen molar-refractivity contribution in [3.8, 4) is 6.07 Å². The number of nitriles is 1. The summed E-state index contributed by atoms with van der Waals surface area (Å²) >= 11 is 0. The molecule has 0 fully saturated rings. The fourth-order valence-electron chi connectivity index (χ4n) is 1.39. The molecule has 80 valence electrons. The van der Waals surface area contributed by atoms with Gasteiger partial charge in [0, 0.05) is 5.69 Å². The molecule has 1 rings (SSSR count). The smallest absolute Gasteiger partial charge is 0.114 e. The minimum atomic E-state index is -0.0881. The molecule has 1 atom stereocenters. The van der Waals surface area contributed by atoms with E-state index in [1.807, 2.05) is 19.1 Å². The van der Waals surface area contributed by atoms with Crippen LogP contribution in [0.15, 0.2) is 24.3 Å². The van der Waals surface area contributed by atoms with E-state index in [9.17, 15) is 0 Å². The Hall–Kier alpha value is -1.49. The van der Waals surface area contributed by atoms with Gasteiger partial charge in [0.25, 0.3) is 0 Å². The van der Waals surface area contributed by atoms with Crippen LogP contribution in [0.4, 0.5) is 5.69 Å². The highest BCUT2D eigenvalue weighted by Crippen LogP contribution is 2.17. The average molecular weight is 202 g/mol. The fraction of sp³-hybridized carbons (Fsp3) is 0.462. The van der Waals surface area contributed by atoms with E-state index in [1.165, 1.54) is 5.56 Å². The molecular formula is C13H18N2. The highest BCUT2D eigenvalue weighted by molar-refractivity contribution is 5.46. The molecule has 0 amide bonds. The third kappa shape index (κ3) is 3.28. The summed E-state index contributed by atoms with van der Waals surface area (Å²) < 4.78 is 0. The van der Waals surface area contributed by atoms with Gasteiger partial charge in [-0.25, -0.2) is 0 Å². The van der Waals surface area contributed by atoms with E-state index < -0.39 is 0 Å². The van der Waals surface area contributed by atoms with Gasteiger partial charge in [0.2, 0.25) is 0 Å². The Morgan fingerprint density at radius 2 is 1.87 bits per heavy atom. The Labute approximate surface area is 91.9 Å². The lowest BCUT2D eigenvalue weighted by atomic mass is 10.0. The van der Waals surface area contributed by atoms with Crippen molar-refractivity contribution in [3.63, 3.8) is 0 Å². The van der Waals surface area contributed by atoms with Gasteiger partial charge in [-0.1, -0.05) is 32.9 Å². The van der Waals surface area contributed by atoms with E-state index in [2.05, 4.69) is 37.4 Å². The van der Waals surface area contributed by atoms with Crippen LogP contribution in [0.1, 0.15) is 38.7 Å². The van der Waals surface area contributed by atoms with Gasteiger partial charge in [0.1, 0.15) is 6.04 Å². The second-order valence-electron chi connectivity index (χ2n) is 4.01. The zero-order chi connectivity index (χ0) is 11.3. The van der Waals surface area contributed by atoms with Crippen molar-refractivity contribution in [3.05, 3.63) is 29.8 Å². The molecule has 0 spiro atoms. The maximum atomic E-state index is 8.82. The Bertz CT molecular complexity index is 333. The molecule has 0 aliphatic rings. The van der Waals surface area contributed by atoms with Crippen molar-refractivity contribution in [2.24, 2.45) is 0 Å². The molecule has 1 unspecified atom stereocenters. The van der Waals surface area contributed by atoms with Crippen LogP contribution in [-0.2, 0) is 0 Å². The quantitative estimate of drug-likeness (QED) is 0.810. The van der Waals surface area contributed by atoms with Crippen LogP contribution in [-0.4, -0.2) is 6.04 Å². The first-order chi connectivity index (χ1) is 7.17. The molecule has 0 aliphatic heterocycles. The van der Waals surface area contributed by atoms with Crippen LogP contribution < -0.4 is 5.32 Å². The van der Waals surface area contributed by atoms with Crippen LogP contribution in [0.5, 0.6) is 0 Å². The second kappa shape index (κ2) is 5.41. The number of benzene rings is 1. The third-order valence-corrected chi connectivity index (χ3v) is 2.48. The first kappa shape index (κ1) is 11.6. The maximum Gasteiger partial charge on any atom is 0.114 e. The molecule has 2 nitrogen and oxygen atoms in total. The Morgan fingerprint density at radius 3 is 2.27 bits per heavy atom. The molecule has 0 aliphatic carbocycles. The highest BCUT2D eigenvalue weighted by atomic mass is 14.9. The first-order valence-electron chi connectivity index (χ1n) is 5.43. The SMILES string of the molecule is CCC(C#N)Nc1ccc(C(C)C)cc1. The van der Waals surface area contributed by atoms with Crippen molar-refractivity contribution in [2.45, 2.75) is 39.2 Å². The van der Waals surface area contributed by atoms with Crippen molar-refractivity contribution in [1.29, 1.82) is 5.26 Å². The molecule has 0 radical (unpaired) electrons. The summed E-state index contributed by atoms with van der Waals surface area (Å²) in [4.78, 5) is 0. The summed E-state index contributed by atoms with van der Waals surface area (Å²) in [6.07, 6.45) is 0.822. The summed E-state index contributed by atoms with van der Waals surface area (Å²) in [6, 6.07) is 10.4. The normalized spacial score (nSPS) is 12.2. The number of hydrogen-bond acceptors (Lipinski definition) is 2. The van der Waals surface area contributed by atoms with Crippen molar-refractivity contribution in [2.75, 3.05) is 5.32 Å². The molecule has 0 aromatic heterocycles. The van der Waals surface area contributed by atoms with Crippen LogP contribution >= 0.6 is 0 Å². The zero-order valence-corrected chi connectivity index (χ0v) is 9.62. The summed E-state index contributed by atoms with van der Waals surface area (Å²) in [5.41, 5.74) is 2.35. The topological polar surface area (TPSA) is 35.8 Å². The van der Waals surface area contributed by atoms with Crippen LogP contribution in [0, 0.1) is 11.3 Å². The highest BCUT2D eigenvalue weighted by Gasteiger charge is 2.04. The summed E-state index contributed by atoms with van der Waals surface area (Å²) in [7, 11) is 0. The number of anilines is 1. The first-order valence-corrected chi connectivity index (χ1v) is 5.43. The number of hydrogen-bond donors (Lipinski definition) is 1. The van der Waals surface area contributed by atoms with Crippen LogP contribution in [0.25, 0.3) is 0 Å². The standard InChI is InChI=1S/C13H18N2/c1-4-12(9-14)15-13-7-5-11(6-8-13)10(2)3/h5-8,10,12,15H,4H2,1-3H3. The lowest BCUT2D eigenvalue weighted by molar-refractivity contribution is 0.842. The van der Waals surface area contributed by atoms with Gasteiger partial charge in [0.15, 0.2) is 0 Å². The molecule has 0 saturated carbocycles. The van der Waals surface area contributed by atoms with Crippen molar-refractivity contribution < 1.29 is 0 Å². The van der Waals surface area contributed by atoms with Gasteiger partial charge in [-0.3, -0.25) is 0 Å². The number of nitrogens with one attached hydrogen (secondary N) is 1.